The van der Waals surface area contributed by atoms with Gasteiger partial charge in [0.2, 0.25) is 0 Å². The maximum absolute atomic E-state index is 11.1. The van der Waals surface area contributed by atoms with Crippen LogP contribution in [0.3, 0.4) is 0 Å². The molecule has 5 heteroatoms. The summed E-state index contributed by atoms with van der Waals surface area (Å²) in [5, 5.41) is 20.7. The number of ether oxygens (including phenoxy) is 1. The molecule has 0 bridgehead atoms. The normalized spacial score (nSPS) is 27.8. The highest BCUT2D eigenvalue weighted by atomic mass is 35.5. The monoisotopic (exact) mass is 402 g/mol. The van der Waals surface area contributed by atoms with Crippen molar-refractivity contribution in [3.8, 4) is 0 Å². The van der Waals surface area contributed by atoms with E-state index in [-0.39, 0.29) is 29.1 Å². The molecule has 1 rings (SSSR count). The fraction of sp³-hybridized carbons (Fsp3) is 0.864. The smallest absolute Gasteiger partial charge is 0.305 e. The molecule has 0 aromatic heterocycles. The lowest BCUT2D eigenvalue weighted by molar-refractivity contribution is -0.140. The molecule has 1 unspecified atom stereocenters. The van der Waals surface area contributed by atoms with Crippen LogP contribution in [-0.4, -0.2) is 40.9 Å². The molecule has 0 radical (unpaired) electrons. The summed E-state index contributed by atoms with van der Waals surface area (Å²) in [5.41, 5.74) is 0. The minimum absolute atomic E-state index is 0.0145. The molecule has 0 spiro atoms. The number of methoxy groups -OCH3 is 1. The second-order valence-electron chi connectivity index (χ2n) is 8.08. The van der Waals surface area contributed by atoms with Crippen molar-refractivity contribution in [1.29, 1.82) is 0 Å². The Morgan fingerprint density at radius 2 is 1.96 bits per heavy atom. The van der Waals surface area contributed by atoms with Gasteiger partial charge in [0.15, 0.2) is 0 Å². The van der Waals surface area contributed by atoms with Gasteiger partial charge in [-0.1, -0.05) is 58.1 Å². The van der Waals surface area contributed by atoms with Crippen LogP contribution in [0.4, 0.5) is 0 Å². The third kappa shape index (κ3) is 8.97. The van der Waals surface area contributed by atoms with Gasteiger partial charge < -0.3 is 14.9 Å². The van der Waals surface area contributed by atoms with Crippen molar-refractivity contribution < 1.29 is 19.7 Å². The molecular weight excluding hydrogens is 364 g/mol. The Bertz CT molecular complexity index is 440. The van der Waals surface area contributed by atoms with Crippen molar-refractivity contribution >= 4 is 17.6 Å². The SMILES string of the molecule is CCCCC(C)[C@H](O)C=C[C@@H]1[C@@H](CCCCCCC(=O)OC)[C@H](Cl)C[C@H]1O. The van der Waals surface area contributed by atoms with Crippen LogP contribution in [0.5, 0.6) is 0 Å². The van der Waals surface area contributed by atoms with Crippen molar-refractivity contribution in [2.24, 2.45) is 17.8 Å². The van der Waals surface area contributed by atoms with Gasteiger partial charge in [0, 0.05) is 17.7 Å². The number of hydrogen-bond acceptors (Lipinski definition) is 4. The van der Waals surface area contributed by atoms with E-state index in [2.05, 4.69) is 18.6 Å². The number of aliphatic hydroxyl groups is 2. The zero-order chi connectivity index (χ0) is 20.2. The molecule has 0 heterocycles. The van der Waals surface area contributed by atoms with E-state index >= 15 is 0 Å². The van der Waals surface area contributed by atoms with Gasteiger partial charge in [-0.3, -0.25) is 4.79 Å². The quantitative estimate of drug-likeness (QED) is 0.200. The molecule has 158 valence electrons. The van der Waals surface area contributed by atoms with Crippen LogP contribution >= 0.6 is 11.6 Å². The lowest BCUT2D eigenvalue weighted by Crippen LogP contribution is -2.21. The van der Waals surface area contributed by atoms with E-state index in [0.717, 1.165) is 51.4 Å². The highest BCUT2D eigenvalue weighted by molar-refractivity contribution is 6.21. The largest absolute Gasteiger partial charge is 0.469 e. The van der Waals surface area contributed by atoms with Gasteiger partial charge >= 0.3 is 5.97 Å². The summed E-state index contributed by atoms with van der Waals surface area (Å²) in [4.78, 5) is 11.1. The summed E-state index contributed by atoms with van der Waals surface area (Å²) >= 11 is 6.50. The second-order valence-corrected chi connectivity index (χ2v) is 8.64. The maximum atomic E-state index is 11.1. The molecular formula is C22H39ClO4. The van der Waals surface area contributed by atoms with Crippen LogP contribution in [-0.2, 0) is 9.53 Å². The lowest BCUT2D eigenvalue weighted by Gasteiger charge is -2.22. The van der Waals surface area contributed by atoms with E-state index in [0.29, 0.717) is 12.8 Å². The van der Waals surface area contributed by atoms with Crippen molar-refractivity contribution in [2.45, 2.75) is 95.6 Å². The summed E-state index contributed by atoms with van der Waals surface area (Å²) in [6.07, 6.45) is 12.3. The highest BCUT2D eigenvalue weighted by Crippen LogP contribution is 2.40. The van der Waals surface area contributed by atoms with Crippen molar-refractivity contribution in [1.82, 2.24) is 0 Å². The Morgan fingerprint density at radius 1 is 1.26 bits per heavy atom. The van der Waals surface area contributed by atoms with Gasteiger partial charge in [-0.05, 0) is 37.5 Å². The van der Waals surface area contributed by atoms with E-state index < -0.39 is 12.2 Å². The van der Waals surface area contributed by atoms with Gasteiger partial charge in [-0.25, -0.2) is 0 Å². The first kappa shape index (κ1) is 24.5. The molecule has 0 amide bonds. The Balaban J connectivity index is 2.43. The van der Waals surface area contributed by atoms with Crippen molar-refractivity contribution in [3.05, 3.63) is 12.2 Å². The summed E-state index contributed by atoms with van der Waals surface area (Å²) in [6, 6.07) is 0. The average molecular weight is 403 g/mol. The van der Waals surface area contributed by atoms with Crippen molar-refractivity contribution in [3.63, 3.8) is 0 Å². The minimum Gasteiger partial charge on any atom is -0.469 e. The Kier molecular flexibility index (Phi) is 12.3. The predicted octanol–water partition coefficient (Wildman–Crippen LogP) is 4.85. The van der Waals surface area contributed by atoms with E-state index in [4.69, 9.17) is 11.6 Å². The first-order valence-electron chi connectivity index (χ1n) is 10.7. The number of carbonyl (C=O) groups excluding carboxylic acids is 1. The fourth-order valence-corrected chi connectivity index (χ4v) is 4.44. The van der Waals surface area contributed by atoms with Crippen LogP contribution in [0, 0.1) is 17.8 Å². The standard InChI is InChI=1S/C22H39ClO4/c1-4-5-10-16(2)20(24)14-13-18-17(19(23)15-21(18)25)11-8-6-7-9-12-22(26)27-3/h13-14,16-21,24-25H,4-12,15H2,1-3H3/t16?,17-,18-,19-,20-,21-/m1/s1. The minimum atomic E-state index is -0.461. The molecule has 4 nitrogen and oxygen atoms in total. The van der Waals surface area contributed by atoms with E-state index in [9.17, 15) is 15.0 Å². The second kappa shape index (κ2) is 13.6. The molecule has 1 aliphatic rings. The molecule has 1 aliphatic carbocycles. The number of alkyl halides is 1. The summed E-state index contributed by atoms with van der Waals surface area (Å²) in [5.74, 6) is 0.360. The Morgan fingerprint density at radius 3 is 2.63 bits per heavy atom. The summed E-state index contributed by atoms with van der Waals surface area (Å²) in [7, 11) is 1.42. The fourth-order valence-electron chi connectivity index (χ4n) is 3.97. The topological polar surface area (TPSA) is 66.8 Å². The summed E-state index contributed by atoms with van der Waals surface area (Å²) < 4.78 is 4.65. The molecule has 1 saturated carbocycles. The van der Waals surface area contributed by atoms with Gasteiger partial charge in [-0.15, -0.1) is 11.6 Å². The van der Waals surface area contributed by atoms with Gasteiger partial charge in [-0.2, -0.15) is 0 Å². The van der Waals surface area contributed by atoms with Crippen LogP contribution < -0.4 is 0 Å². The van der Waals surface area contributed by atoms with E-state index in [1.54, 1.807) is 0 Å². The van der Waals surface area contributed by atoms with Gasteiger partial charge in [0.25, 0.3) is 0 Å². The molecule has 0 aliphatic heterocycles. The number of unbranched alkanes of at least 4 members (excludes halogenated alkanes) is 4. The molecule has 6 atom stereocenters. The zero-order valence-corrected chi connectivity index (χ0v) is 18.0. The third-order valence-corrected chi connectivity index (χ3v) is 6.39. The van der Waals surface area contributed by atoms with Crippen LogP contribution in [0.25, 0.3) is 0 Å². The highest BCUT2D eigenvalue weighted by Gasteiger charge is 2.39. The first-order valence-corrected chi connectivity index (χ1v) is 11.1. The van der Waals surface area contributed by atoms with Gasteiger partial charge in [0.1, 0.15) is 0 Å². The molecule has 0 aromatic carbocycles. The lowest BCUT2D eigenvalue weighted by atomic mass is 9.88. The summed E-state index contributed by atoms with van der Waals surface area (Å²) in [6.45, 7) is 4.23. The number of hydrogen-bond donors (Lipinski definition) is 2. The number of esters is 1. The number of halogens is 1. The molecule has 1 fully saturated rings. The average Bonchev–Trinajstić information content (AvgIpc) is 2.92. The Hall–Kier alpha value is -0.580. The predicted molar refractivity (Wildman–Crippen MR) is 111 cm³/mol. The number of carbonyl (C=O) groups is 1. The molecule has 2 N–H and O–H groups in total. The van der Waals surface area contributed by atoms with Crippen LogP contribution in [0.2, 0.25) is 0 Å². The number of rotatable bonds is 13. The van der Waals surface area contributed by atoms with Gasteiger partial charge in [0.05, 0.1) is 19.3 Å². The van der Waals surface area contributed by atoms with Crippen LogP contribution in [0.1, 0.15) is 78.1 Å². The molecule has 0 aromatic rings. The number of aliphatic hydroxyl groups excluding tert-OH is 2. The first-order chi connectivity index (χ1) is 12.9. The third-order valence-electron chi connectivity index (χ3n) is 5.89. The van der Waals surface area contributed by atoms with E-state index in [1.807, 2.05) is 12.2 Å². The molecule has 0 saturated heterocycles. The Labute approximate surface area is 170 Å². The van der Waals surface area contributed by atoms with Crippen molar-refractivity contribution in [2.75, 3.05) is 7.11 Å². The maximum Gasteiger partial charge on any atom is 0.305 e. The van der Waals surface area contributed by atoms with Crippen LogP contribution in [0.15, 0.2) is 12.2 Å². The van der Waals surface area contributed by atoms with E-state index in [1.165, 1.54) is 7.11 Å². The molecule has 27 heavy (non-hydrogen) atoms. The zero-order valence-electron chi connectivity index (χ0n) is 17.3.